The van der Waals surface area contributed by atoms with Crippen LogP contribution >= 0.6 is 24.0 Å². The first-order valence-electron chi connectivity index (χ1n) is 8.40. The third-order valence-corrected chi connectivity index (χ3v) is 3.33. The molecule has 0 amide bonds. The highest BCUT2D eigenvalue weighted by Gasteiger charge is 2.01. The molecule has 0 spiro atoms. The van der Waals surface area contributed by atoms with E-state index in [9.17, 15) is 0 Å². The van der Waals surface area contributed by atoms with Crippen molar-refractivity contribution in [1.82, 2.24) is 15.6 Å². The van der Waals surface area contributed by atoms with Crippen molar-refractivity contribution >= 4 is 29.9 Å². The number of ether oxygens (including phenoxy) is 1. The van der Waals surface area contributed by atoms with E-state index in [0.29, 0.717) is 6.54 Å². The van der Waals surface area contributed by atoms with Gasteiger partial charge in [-0.1, -0.05) is 6.07 Å². The minimum absolute atomic E-state index is 0. The molecular formula is C18H27IN4O2. The van der Waals surface area contributed by atoms with Crippen LogP contribution in [0, 0.1) is 0 Å². The highest BCUT2D eigenvalue weighted by atomic mass is 127. The minimum atomic E-state index is 0. The monoisotopic (exact) mass is 458 g/mol. The van der Waals surface area contributed by atoms with Gasteiger partial charge >= 0.3 is 0 Å². The lowest BCUT2D eigenvalue weighted by Crippen LogP contribution is -2.39. The van der Waals surface area contributed by atoms with Gasteiger partial charge in [-0.15, -0.1) is 24.0 Å². The van der Waals surface area contributed by atoms with E-state index >= 15 is 0 Å². The Hall–Kier alpha value is -1.61. The molecule has 2 rings (SSSR count). The van der Waals surface area contributed by atoms with Crippen LogP contribution in [0.4, 0.5) is 0 Å². The molecule has 2 N–H and O–H groups in total. The molecule has 0 aromatic carbocycles. The maximum Gasteiger partial charge on any atom is 0.191 e. The number of hydrogen-bond acceptors (Lipinski definition) is 4. The zero-order valence-corrected chi connectivity index (χ0v) is 16.9. The van der Waals surface area contributed by atoms with Crippen LogP contribution in [0.15, 0.2) is 52.2 Å². The van der Waals surface area contributed by atoms with Gasteiger partial charge in [0.15, 0.2) is 5.96 Å². The molecule has 0 radical (unpaired) electrons. The predicted molar refractivity (Wildman–Crippen MR) is 110 cm³/mol. The first kappa shape index (κ1) is 21.4. The van der Waals surface area contributed by atoms with Gasteiger partial charge in [-0.25, -0.2) is 4.99 Å². The lowest BCUT2D eigenvalue weighted by atomic mass is 10.3. The molecule has 0 atom stereocenters. The molecule has 2 aromatic heterocycles. The van der Waals surface area contributed by atoms with E-state index in [1.165, 1.54) is 0 Å². The molecule has 2 aromatic rings. The van der Waals surface area contributed by atoms with Crippen molar-refractivity contribution in [1.29, 1.82) is 0 Å². The van der Waals surface area contributed by atoms with Gasteiger partial charge in [0, 0.05) is 38.9 Å². The zero-order chi connectivity index (χ0) is 16.9. The molecule has 7 heteroatoms. The quantitative estimate of drug-likeness (QED) is 0.248. The average Bonchev–Trinajstić information content (AvgIpc) is 3.13. The SMILES string of the molecule is CCOCCCNC(=NCc1ccccn1)NCCc1ccco1.I. The van der Waals surface area contributed by atoms with Gasteiger partial charge in [-0.3, -0.25) is 4.98 Å². The Morgan fingerprint density at radius 3 is 2.80 bits per heavy atom. The van der Waals surface area contributed by atoms with E-state index in [1.54, 1.807) is 12.5 Å². The summed E-state index contributed by atoms with van der Waals surface area (Å²) in [7, 11) is 0. The average molecular weight is 458 g/mol. The van der Waals surface area contributed by atoms with E-state index in [1.807, 2.05) is 37.3 Å². The molecule has 0 unspecified atom stereocenters. The van der Waals surface area contributed by atoms with Crippen molar-refractivity contribution in [2.75, 3.05) is 26.3 Å². The number of nitrogens with one attached hydrogen (secondary N) is 2. The van der Waals surface area contributed by atoms with Crippen molar-refractivity contribution in [2.24, 2.45) is 4.99 Å². The van der Waals surface area contributed by atoms with Crippen LogP contribution in [0.25, 0.3) is 0 Å². The van der Waals surface area contributed by atoms with Crippen LogP contribution < -0.4 is 10.6 Å². The van der Waals surface area contributed by atoms with E-state index in [2.05, 4.69) is 20.6 Å². The van der Waals surface area contributed by atoms with E-state index in [-0.39, 0.29) is 24.0 Å². The van der Waals surface area contributed by atoms with Crippen molar-refractivity contribution < 1.29 is 9.15 Å². The molecule has 2 heterocycles. The number of guanidine groups is 1. The normalized spacial score (nSPS) is 11.0. The van der Waals surface area contributed by atoms with Gasteiger partial charge in [0.1, 0.15) is 5.76 Å². The lowest BCUT2D eigenvalue weighted by Gasteiger charge is -2.12. The van der Waals surface area contributed by atoms with Crippen molar-refractivity contribution in [3.05, 3.63) is 54.2 Å². The number of rotatable bonds is 10. The fourth-order valence-electron chi connectivity index (χ4n) is 2.11. The zero-order valence-electron chi connectivity index (χ0n) is 14.6. The Labute approximate surface area is 166 Å². The first-order chi connectivity index (χ1) is 11.9. The van der Waals surface area contributed by atoms with Gasteiger partial charge < -0.3 is 19.8 Å². The summed E-state index contributed by atoms with van der Waals surface area (Å²) < 4.78 is 10.7. The maximum atomic E-state index is 5.35. The molecule has 0 fully saturated rings. The predicted octanol–water partition coefficient (Wildman–Crippen LogP) is 3.00. The number of aliphatic imine (C=N–C) groups is 1. The third-order valence-electron chi connectivity index (χ3n) is 3.33. The number of aromatic nitrogens is 1. The highest BCUT2D eigenvalue weighted by Crippen LogP contribution is 2.00. The van der Waals surface area contributed by atoms with E-state index in [4.69, 9.17) is 9.15 Å². The highest BCUT2D eigenvalue weighted by molar-refractivity contribution is 14.0. The molecule has 0 saturated carbocycles. The smallest absolute Gasteiger partial charge is 0.191 e. The lowest BCUT2D eigenvalue weighted by molar-refractivity contribution is 0.145. The van der Waals surface area contributed by atoms with Gasteiger partial charge in [-0.05, 0) is 37.6 Å². The summed E-state index contributed by atoms with van der Waals surface area (Å²) in [5.74, 6) is 1.74. The Bertz CT molecular complexity index is 576. The van der Waals surface area contributed by atoms with Crippen LogP contribution in [0.3, 0.4) is 0 Å². The van der Waals surface area contributed by atoms with E-state index < -0.39 is 0 Å². The van der Waals surface area contributed by atoms with Crippen LogP contribution in [-0.4, -0.2) is 37.2 Å². The fourth-order valence-corrected chi connectivity index (χ4v) is 2.11. The first-order valence-corrected chi connectivity index (χ1v) is 8.40. The maximum absolute atomic E-state index is 5.35. The molecule has 0 bridgehead atoms. The number of furan rings is 1. The minimum Gasteiger partial charge on any atom is -0.469 e. The topological polar surface area (TPSA) is 71.7 Å². The summed E-state index contributed by atoms with van der Waals surface area (Å²) >= 11 is 0. The summed E-state index contributed by atoms with van der Waals surface area (Å²) in [5, 5.41) is 6.66. The van der Waals surface area contributed by atoms with Crippen molar-refractivity contribution in [2.45, 2.75) is 26.3 Å². The summed E-state index contributed by atoms with van der Waals surface area (Å²) in [6.07, 6.45) is 5.23. The largest absolute Gasteiger partial charge is 0.469 e. The van der Waals surface area contributed by atoms with Gasteiger partial charge in [0.25, 0.3) is 0 Å². The summed E-state index contributed by atoms with van der Waals surface area (Å²) in [5.41, 5.74) is 0.943. The number of hydrogen-bond donors (Lipinski definition) is 2. The summed E-state index contributed by atoms with van der Waals surface area (Å²) in [6.45, 7) is 5.62. The second-order valence-corrected chi connectivity index (χ2v) is 5.22. The number of nitrogens with zero attached hydrogens (tertiary/aromatic N) is 2. The third kappa shape index (κ3) is 9.45. The number of halogens is 1. The molecule has 6 nitrogen and oxygen atoms in total. The Morgan fingerprint density at radius 1 is 1.20 bits per heavy atom. The molecule has 138 valence electrons. The standard InChI is InChI=1S/C18H26N4O2.HI/c1-2-23-13-6-11-20-18(21-12-9-17-8-5-14-24-17)22-15-16-7-3-4-10-19-16;/h3-5,7-8,10,14H,2,6,9,11-13,15H2,1H3,(H2,20,21,22);1H. The van der Waals surface area contributed by atoms with Crippen LogP contribution in [-0.2, 0) is 17.7 Å². The van der Waals surface area contributed by atoms with Gasteiger partial charge in [-0.2, -0.15) is 0 Å². The van der Waals surface area contributed by atoms with Crippen LogP contribution in [0.5, 0.6) is 0 Å². The van der Waals surface area contributed by atoms with Gasteiger partial charge in [0.05, 0.1) is 18.5 Å². The molecular weight excluding hydrogens is 431 g/mol. The second-order valence-electron chi connectivity index (χ2n) is 5.22. The fraction of sp³-hybridized carbons (Fsp3) is 0.444. The molecule has 0 saturated heterocycles. The summed E-state index contributed by atoms with van der Waals surface area (Å²) in [4.78, 5) is 8.89. The second kappa shape index (κ2) is 13.7. The molecule has 0 aliphatic carbocycles. The molecule has 0 aliphatic heterocycles. The van der Waals surface area contributed by atoms with Crippen LogP contribution in [0.1, 0.15) is 24.8 Å². The van der Waals surface area contributed by atoms with Gasteiger partial charge in [0.2, 0.25) is 0 Å². The van der Waals surface area contributed by atoms with Crippen LogP contribution in [0.2, 0.25) is 0 Å². The molecule has 0 aliphatic rings. The molecule has 25 heavy (non-hydrogen) atoms. The van der Waals surface area contributed by atoms with E-state index in [0.717, 1.165) is 56.6 Å². The number of pyridine rings is 1. The Balaban J connectivity index is 0.00000312. The summed E-state index contributed by atoms with van der Waals surface area (Å²) in [6, 6.07) is 9.72. The Kier molecular flexibility index (Phi) is 11.7. The Morgan fingerprint density at radius 2 is 2.08 bits per heavy atom. The van der Waals surface area contributed by atoms with Crippen molar-refractivity contribution in [3.63, 3.8) is 0 Å². The van der Waals surface area contributed by atoms with Crippen molar-refractivity contribution in [3.8, 4) is 0 Å².